The molecule has 1 rings (SSSR count). The molecule has 0 amide bonds. The van der Waals surface area contributed by atoms with Gasteiger partial charge in [-0.15, -0.1) is 0 Å². The fraction of sp³-hybridized carbons (Fsp3) is 0.667. The van der Waals surface area contributed by atoms with Crippen molar-refractivity contribution in [3.63, 3.8) is 0 Å². The van der Waals surface area contributed by atoms with Gasteiger partial charge in [-0.05, 0) is 5.92 Å². The first-order valence-corrected chi connectivity index (χ1v) is 3.15. The third-order valence-electron chi connectivity index (χ3n) is 1.42. The van der Waals surface area contributed by atoms with E-state index in [0.717, 1.165) is 5.71 Å². The van der Waals surface area contributed by atoms with Gasteiger partial charge >= 0.3 is 5.97 Å². The van der Waals surface area contributed by atoms with Crippen LogP contribution >= 0.6 is 0 Å². The van der Waals surface area contributed by atoms with E-state index in [4.69, 9.17) is 0 Å². The Bertz CT molecular complexity index is 186. The van der Waals surface area contributed by atoms with Crippen LogP contribution in [0.4, 0.5) is 0 Å². The Hall–Kier alpha value is -0.900. The first-order valence-electron chi connectivity index (χ1n) is 3.15. The van der Waals surface area contributed by atoms with Crippen molar-refractivity contribution in [2.24, 2.45) is 16.8 Å². The van der Waals surface area contributed by atoms with Crippen LogP contribution in [0.3, 0.4) is 0 Å². The molecule has 0 saturated heterocycles. The smallest absolute Gasteiger partial charge is 0.355 e. The maximum absolute atomic E-state index is 10.6. The normalized spacial score (nSPS) is 22.4. The first-order chi connectivity index (χ1) is 4.66. The van der Waals surface area contributed by atoms with Crippen molar-refractivity contribution in [1.82, 2.24) is 0 Å². The van der Waals surface area contributed by atoms with Crippen molar-refractivity contribution >= 4 is 11.7 Å². The molecule has 0 radical (unpaired) electrons. The highest BCUT2D eigenvalue weighted by molar-refractivity contribution is 6.16. The molecule has 4 heteroatoms. The van der Waals surface area contributed by atoms with Crippen molar-refractivity contribution in [3.05, 3.63) is 0 Å². The Kier molecular flexibility index (Phi) is 1.72. The van der Waals surface area contributed by atoms with Gasteiger partial charge in [0.05, 0.1) is 5.71 Å². The van der Waals surface area contributed by atoms with Gasteiger partial charge in [-0.1, -0.05) is 13.8 Å². The molecular weight excluding hydrogens is 132 g/mol. The molecule has 0 aromatic heterocycles. The average Bonchev–Trinajstić information content (AvgIpc) is 2.64. The second kappa shape index (κ2) is 2.38. The lowest BCUT2D eigenvalue weighted by Gasteiger charge is -1.95. The molecule has 10 heavy (non-hydrogen) atoms. The Morgan fingerprint density at radius 3 is 2.70 bits per heavy atom. The molecule has 1 aliphatic heterocycles. The Labute approximate surface area is 59.0 Å². The molecule has 1 atom stereocenters. The van der Waals surface area contributed by atoms with E-state index in [-0.39, 0.29) is 6.04 Å². The van der Waals surface area contributed by atoms with Crippen LogP contribution in [0.25, 0.3) is 0 Å². The molecule has 0 fully saturated rings. The number of nitrogens with zero attached hydrogens (tertiary/aromatic N) is 1. The summed E-state index contributed by atoms with van der Waals surface area (Å²) in [5.74, 6) is 4.52. The number of hydrogen-bond donors (Lipinski definition) is 1. The molecule has 56 valence electrons. The fourth-order valence-electron chi connectivity index (χ4n) is 0.815. The molecule has 1 heterocycles. The summed E-state index contributed by atoms with van der Waals surface area (Å²) in [6.45, 7) is 3.95. The van der Waals surface area contributed by atoms with Gasteiger partial charge in [-0.2, -0.15) is 5.90 Å². The largest absolute Gasteiger partial charge is 0.371 e. The maximum atomic E-state index is 10.6. The van der Waals surface area contributed by atoms with Gasteiger partial charge in [0.15, 0.2) is 6.04 Å². The van der Waals surface area contributed by atoms with E-state index in [1.54, 1.807) is 0 Å². The minimum absolute atomic E-state index is 0.323. The van der Waals surface area contributed by atoms with E-state index in [0.29, 0.717) is 5.92 Å². The zero-order valence-corrected chi connectivity index (χ0v) is 6.00. The van der Waals surface area contributed by atoms with Crippen LogP contribution in [-0.4, -0.2) is 17.7 Å². The Morgan fingerprint density at radius 1 is 1.80 bits per heavy atom. The highest BCUT2D eigenvalue weighted by Gasteiger charge is 2.37. The summed E-state index contributed by atoms with van der Waals surface area (Å²) in [4.78, 5) is 18.5. The number of hydrogen-bond acceptors (Lipinski definition) is 4. The average molecular weight is 142 g/mol. The zero-order valence-electron chi connectivity index (χ0n) is 6.00. The summed E-state index contributed by atoms with van der Waals surface area (Å²) in [6, 6.07) is -0.370. The molecule has 2 N–H and O–H groups in total. The van der Waals surface area contributed by atoms with E-state index in [1.165, 1.54) is 0 Å². The van der Waals surface area contributed by atoms with E-state index in [1.807, 2.05) is 13.8 Å². The maximum Gasteiger partial charge on any atom is 0.355 e. The lowest BCUT2D eigenvalue weighted by molar-refractivity contribution is -0.143. The molecule has 1 aliphatic rings. The quantitative estimate of drug-likeness (QED) is 0.547. The second-order valence-electron chi connectivity index (χ2n) is 2.55. The zero-order chi connectivity index (χ0) is 7.72. The van der Waals surface area contributed by atoms with Crippen LogP contribution in [0.5, 0.6) is 0 Å². The van der Waals surface area contributed by atoms with E-state index in [9.17, 15) is 4.79 Å². The van der Waals surface area contributed by atoms with Crippen molar-refractivity contribution in [2.75, 3.05) is 0 Å². The molecule has 0 aliphatic carbocycles. The van der Waals surface area contributed by atoms with E-state index >= 15 is 0 Å². The van der Waals surface area contributed by atoms with Crippen LogP contribution in [0, 0.1) is 5.92 Å². The second-order valence-corrected chi connectivity index (χ2v) is 2.55. The summed E-state index contributed by atoms with van der Waals surface area (Å²) in [6.07, 6.45) is 0. The van der Waals surface area contributed by atoms with Gasteiger partial charge in [0.1, 0.15) is 0 Å². The summed E-state index contributed by atoms with van der Waals surface area (Å²) in [5.41, 5.74) is 0.885. The highest BCUT2D eigenvalue weighted by Crippen LogP contribution is 2.19. The Balaban J connectivity index is 2.36. The van der Waals surface area contributed by atoms with Gasteiger partial charge in [0.25, 0.3) is 0 Å². The number of aliphatic imine (C=N–C) groups is 1. The number of nitrogens with two attached hydrogens (primary N) is 1. The number of carbonyl (C=O) groups is 1. The first kappa shape index (κ1) is 7.21. The van der Waals surface area contributed by atoms with Gasteiger partial charge in [-0.3, -0.25) is 4.99 Å². The Morgan fingerprint density at radius 2 is 2.40 bits per heavy atom. The topological polar surface area (TPSA) is 64.7 Å². The van der Waals surface area contributed by atoms with Gasteiger partial charge < -0.3 is 4.84 Å². The van der Waals surface area contributed by atoms with Crippen LogP contribution < -0.4 is 5.90 Å². The molecule has 0 bridgehead atoms. The monoisotopic (exact) mass is 142 g/mol. The van der Waals surface area contributed by atoms with Crippen LogP contribution in [0.1, 0.15) is 13.8 Å². The molecule has 0 saturated carbocycles. The predicted molar refractivity (Wildman–Crippen MR) is 36.3 cm³/mol. The summed E-state index contributed by atoms with van der Waals surface area (Å²) in [5, 5.41) is 0. The van der Waals surface area contributed by atoms with E-state index < -0.39 is 5.97 Å². The van der Waals surface area contributed by atoms with Crippen molar-refractivity contribution in [3.8, 4) is 0 Å². The van der Waals surface area contributed by atoms with Crippen molar-refractivity contribution in [2.45, 2.75) is 19.9 Å². The van der Waals surface area contributed by atoms with E-state index in [2.05, 4.69) is 15.7 Å². The van der Waals surface area contributed by atoms with Crippen molar-refractivity contribution in [1.29, 1.82) is 0 Å². The molecule has 0 aromatic rings. The standard InChI is InChI=1S/C6H10N2O2/c1-3(2)4-5(8-4)6(9)10-7/h3,5H,7H2,1-2H3. The summed E-state index contributed by atoms with van der Waals surface area (Å²) in [7, 11) is 0. The summed E-state index contributed by atoms with van der Waals surface area (Å²) < 4.78 is 0. The minimum Gasteiger partial charge on any atom is -0.371 e. The molecule has 1 unspecified atom stereocenters. The minimum atomic E-state index is -0.455. The lowest BCUT2D eigenvalue weighted by atomic mass is 10.1. The lowest BCUT2D eigenvalue weighted by Crippen LogP contribution is -2.21. The van der Waals surface area contributed by atoms with Gasteiger partial charge in [0, 0.05) is 0 Å². The van der Waals surface area contributed by atoms with Crippen LogP contribution in [-0.2, 0) is 9.63 Å². The molecule has 4 nitrogen and oxygen atoms in total. The third-order valence-corrected chi connectivity index (χ3v) is 1.42. The fourth-order valence-corrected chi connectivity index (χ4v) is 0.815. The van der Waals surface area contributed by atoms with Gasteiger partial charge in [-0.25, -0.2) is 4.79 Å². The third kappa shape index (κ3) is 1.16. The number of carbonyl (C=O) groups excluding carboxylic acids is 1. The van der Waals surface area contributed by atoms with Crippen molar-refractivity contribution < 1.29 is 9.63 Å². The van der Waals surface area contributed by atoms with Crippen LogP contribution in [0.15, 0.2) is 4.99 Å². The molecule has 0 spiro atoms. The molecular formula is C6H10N2O2. The van der Waals surface area contributed by atoms with Gasteiger partial charge in [0.2, 0.25) is 0 Å². The number of rotatable bonds is 2. The molecule has 0 aromatic carbocycles. The summed E-state index contributed by atoms with van der Waals surface area (Å²) >= 11 is 0. The van der Waals surface area contributed by atoms with Crippen LogP contribution in [0.2, 0.25) is 0 Å². The highest BCUT2D eigenvalue weighted by atomic mass is 16.7. The predicted octanol–water partition coefficient (Wildman–Crippen LogP) is -0.117. The SMILES string of the molecule is CC(C)C1=NC1C(=O)ON.